The number of hydrogen-bond acceptors (Lipinski definition) is 3. The Bertz CT molecular complexity index is 510. The van der Waals surface area contributed by atoms with Crippen LogP contribution in [0.15, 0.2) is 30.3 Å². The highest BCUT2D eigenvalue weighted by molar-refractivity contribution is 6.06. The van der Waals surface area contributed by atoms with E-state index in [4.69, 9.17) is 5.73 Å². The maximum atomic E-state index is 12.5. The summed E-state index contributed by atoms with van der Waals surface area (Å²) in [7, 11) is 0. The number of nitrogens with zero attached hydrogens (tertiary/aromatic N) is 1. The number of likely N-dealkylation sites (tertiary alicyclic amines) is 1. The van der Waals surface area contributed by atoms with Gasteiger partial charge in [-0.2, -0.15) is 0 Å². The number of carbonyl (C=O) groups excluding carboxylic acids is 2. The zero-order valence-corrected chi connectivity index (χ0v) is 11.6. The maximum Gasteiger partial charge on any atom is 0.236 e. The largest absolute Gasteiger partial charge is 0.328 e. The van der Waals surface area contributed by atoms with Crippen LogP contribution in [0.25, 0.3) is 0 Å². The number of nitrogens with two attached hydrogens (primary N) is 1. The van der Waals surface area contributed by atoms with Crippen molar-refractivity contribution in [1.29, 1.82) is 0 Å². The molecule has 0 saturated carbocycles. The van der Waals surface area contributed by atoms with Crippen molar-refractivity contribution in [3.8, 4) is 0 Å². The van der Waals surface area contributed by atoms with Crippen LogP contribution in [0.5, 0.6) is 0 Å². The molecule has 1 atom stereocenters. The van der Waals surface area contributed by atoms with Crippen LogP contribution < -0.4 is 5.73 Å². The van der Waals surface area contributed by atoms with Gasteiger partial charge in [-0.25, -0.2) is 0 Å². The summed E-state index contributed by atoms with van der Waals surface area (Å²) in [6, 6.07) is 9.48. The minimum atomic E-state index is -0.775. The third-order valence-corrected chi connectivity index (χ3v) is 3.91. The summed E-state index contributed by atoms with van der Waals surface area (Å²) < 4.78 is 0. The topological polar surface area (TPSA) is 63.4 Å². The summed E-state index contributed by atoms with van der Waals surface area (Å²) in [6.07, 6.45) is 0.244. The van der Waals surface area contributed by atoms with Crippen LogP contribution in [0.1, 0.15) is 32.8 Å². The van der Waals surface area contributed by atoms with Crippen molar-refractivity contribution in [2.45, 2.75) is 32.7 Å². The zero-order chi connectivity index (χ0) is 14.3. The van der Waals surface area contributed by atoms with Gasteiger partial charge in [-0.05, 0) is 12.5 Å². The lowest BCUT2D eigenvalue weighted by Gasteiger charge is -2.37. The Kier molecular flexibility index (Phi) is 3.22. The Morgan fingerprint density at radius 3 is 2.26 bits per heavy atom. The van der Waals surface area contributed by atoms with Gasteiger partial charge in [0.15, 0.2) is 0 Å². The summed E-state index contributed by atoms with van der Waals surface area (Å²) in [5, 5.41) is 0. The van der Waals surface area contributed by atoms with E-state index in [1.165, 1.54) is 4.90 Å². The molecule has 2 N–H and O–H groups in total. The smallest absolute Gasteiger partial charge is 0.236 e. The second kappa shape index (κ2) is 4.46. The van der Waals surface area contributed by atoms with Crippen molar-refractivity contribution in [3.63, 3.8) is 0 Å². The number of amides is 2. The monoisotopic (exact) mass is 260 g/mol. The SMILES string of the molecule is CC1(C)CC(=O)N(C(C)(CN)c2ccccc2)C1=O. The Morgan fingerprint density at radius 2 is 1.84 bits per heavy atom. The van der Waals surface area contributed by atoms with Gasteiger partial charge in [-0.15, -0.1) is 0 Å². The molecule has 19 heavy (non-hydrogen) atoms. The van der Waals surface area contributed by atoms with E-state index in [1.54, 1.807) is 13.8 Å². The molecule has 4 heteroatoms. The Balaban J connectivity index is 2.49. The molecule has 1 fully saturated rings. The molecule has 0 aliphatic carbocycles. The third-order valence-electron chi connectivity index (χ3n) is 3.91. The van der Waals surface area contributed by atoms with Gasteiger partial charge in [-0.3, -0.25) is 14.5 Å². The predicted octanol–water partition coefficient (Wildman–Crippen LogP) is 1.65. The van der Waals surface area contributed by atoms with Crippen LogP contribution in [0.4, 0.5) is 0 Å². The average molecular weight is 260 g/mol. The lowest BCUT2D eigenvalue weighted by Crippen LogP contribution is -2.52. The second-order valence-electron chi connectivity index (χ2n) is 5.94. The van der Waals surface area contributed by atoms with Gasteiger partial charge < -0.3 is 5.73 Å². The fourth-order valence-electron chi connectivity index (χ4n) is 2.58. The first-order valence-electron chi connectivity index (χ1n) is 6.46. The molecule has 1 saturated heterocycles. The van der Waals surface area contributed by atoms with Crippen LogP contribution in [-0.4, -0.2) is 23.3 Å². The third kappa shape index (κ3) is 2.06. The van der Waals surface area contributed by atoms with Gasteiger partial charge in [0.1, 0.15) is 0 Å². The van der Waals surface area contributed by atoms with Crippen molar-refractivity contribution < 1.29 is 9.59 Å². The molecule has 0 spiro atoms. The number of carbonyl (C=O) groups is 2. The predicted molar refractivity (Wildman–Crippen MR) is 73.1 cm³/mol. The summed E-state index contributed by atoms with van der Waals surface area (Å²) >= 11 is 0. The molecule has 1 aromatic carbocycles. The average Bonchev–Trinajstić information content (AvgIpc) is 2.59. The molecular weight excluding hydrogens is 240 g/mol. The van der Waals surface area contributed by atoms with E-state index in [1.807, 2.05) is 37.3 Å². The number of benzene rings is 1. The van der Waals surface area contributed by atoms with Crippen LogP contribution in [0.3, 0.4) is 0 Å². The van der Waals surface area contributed by atoms with Crippen molar-refractivity contribution in [3.05, 3.63) is 35.9 Å². The lowest BCUT2D eigenvalue weighted by molar-refractivity contribution is -0.147. The van der Waals surface area contributed by atoms with Gasteiger partial charge >= 0.3 is 0 Å². The summed E-state index contributed by atoms with van der Waals surface area (Å²) in [5.74, 6) is -0.291. The minimum Gasteiger partial charge on any atom is -0.328 e. The van der Waals surface area contributed by atoms with Gasteiger partial charge in [-0.1, -0.05) is 44.2 Å². The van der Waals surface area contributed by atoms with Gasteiger partial charge in [0.25, 0.3) is 0 Å². The molecule has 2 rings (SSSR count). The van der Waals surface area contributed by atoms with E-state index in [0.29, 0.717) is 0 Å². The van der Waals surface area contributed by atoms with Crippen molar-refractivity contribution in [2.75, 3.05) is 6.54 Å². The Hall–Kier alpha value is -1.68. The summed E-state index contributed by atoms with van der Waals surface area (Å²) in [6.45, 7) is 5.66. The van der Waals surface area contributed by atoms with E-state index in [0.717, 1.165) is 5.56 Å². The van der Waals surface area contributed by atoms with Crippen molar-refractivity contribution in [2.24, 2.45) is 11.1 Å². The van der Waals surface area contributed by atoms with Crippen molar-refractivity contribution >= 4 is 11.8 Å². The maximum absolute atomic E-state index is 12.5. The zero-order valence-electron chi connectivity index (χ0n) is 11.6. The molecular formula is C15H20N2O2. The lowest BCUT2D eigenvalue weighted by atomic mass is 9.88. The first-order valence-corrected chi connectivity index (χ1v) is 6.46. The number of rotatable bonds is 3. The first-order chi connectivity index (χ1) is 8.83. The number of imide groups is 1. The standard InChI is InChI=1S/C15H20N2O2/c1-14(2)9-12(18)17(13(14)19)15(3,10-16)11-7-5-4-6-8-11/h4-8H,9-10,16H2,1-3H3. The molecule has 1 aliphatic rings. The number of hydrogen-bond donors (Lipinski definition) is 1. The van der Waals surface area contributed by atoms with Crippen LogP contribution in [0.2, 0.25) is 0 Å². The fraction of sp³-hybridized carbons (Fsp3) is 0.467. The highest BCUT2D eigenvalue weighted by Gasteiger charge is 2.52. The van der Waals surface area contributed by atoms with E-state index < -0.39 is 11.0 Å². The molecule has 1 aromatic rings. The normalized spacial score (nSPS) is 21.6. The van der Waals surface area contributed by atoms with Crippen LogP contribution >= 0.6 is 0 Å². The fourth-order valence-corrected chi connectivity index (χ4v) is 2.58. The molecule has 1 unspecified atom stereocenters. The van der Waals surface area contributed by atoms with Gasteiger partial charge in [0.05, 0.1) is 11.0 Å². The van der Waals surface area contributed by atoms with E-state index in [9.17, 15) is 9.59 Å². The molecule has 102 valence electrons. The highest BCUT2D eigenvalue weighted by Crippen LogP contribution is 2.39. The van der Waals surface area contributed by atoms with Gasteiger partial charge in [0, 0.05) is 13.0 Å². The van der Waals surface area contributed by atoms with Crippen LogP contribution in [0, 0.1) is 5.41 Å². The van der Waals surface area contributed by atoms with Gasteiger partial charge in [0.2, 0.25) is 11.8 Å². The quantitative estimate of drug-likeness (QED) is 0.840. The molecule has 1 aliphatic heterocycles. The second-order valence-corrected chi connectivity index (χ2v) is 5.94. The Morgan fingerprint density at radius 1 is 1.26 bits per heavy atom. The molecule has 2 amide bonds. The molecule has 1 heterocycles. The molecule has 0 radical (unpaired) electrons. The van der Waals surface area contributed by atoms with E-state index in [2.05, 4.69) is 0 Å². The summed E-state index contributed by atoms with van der Waals surface area (Å²) in [4.78, 5) is 26.0. The molecule has 0 bridgehead atoms. The highest BCUT2D eigenvalue weighted by atomic mass is 16.2. The molecule has 0 aromatic heterocycles. The minimum absolute atomic E-state index is 0.144. The van der Waals surface area contributed by atoms with Crippen LogP contribution in [-0.2, 0) is 15.1 Å². The first kappa shape index (κ1) is 13.7. The molecule has 4 nitrogen and oxygen atoms in total. The van der Waals surface area contributed by atoms with Crippen molar-refractivity contribution in [1.82, 2.24) is 4.90 Å². The van der Waals surface area contributed by atoms with E-state index in [-0.39, 0.29) is 24.8 Å². The Labute approximate surface area is 113 Å². The summed E-state index contributed by atoms with van der Waals surface area (Å²) in [5.41, 5.74) is 5.36. The van der Waals surface area contributed by atoms with E-state index >= 15 is 0 Å².